The van der Waals surface area contributed by atoms with E-state index >= 15 is 0 Å². The fourth-order valence-electron chi connectivity index (χ4n) is 3.11. The number of imidazole rings is 1. The van der Waals surface area contributed by atoms with Gasteiger partial charge in [-0.3, -0.25) is 0 Å². The van der Waals surface area contributed by atoms with Gasteiger partial charge in [0.1, 0.15) is 5.82 Å². The summed E-state index contributed by atoms with van der Waals surface area (Å²) in [4.78, 5) is 8.22. The van der Waals surface area contributed by atoms with Gasteiger partial charge >= 0.3 is 0 Å². The molecule has 3 N–H and O–H groups in total. The minimum absolute atomic E-state index is 0.415. The quantitative estimate of drug-likeness (QED) is 0.849. The highest BCUT2D eigenvalue weighted by Crippen LogP contribution is 2.38. The molecule has 0 aliphatic heterocycles. The van der Waals surface area contributed by atoms with Crippen molar-refractivity contribution in [3.8, 4) is 0 Å². The first-order valence-corrected chi connectivity index (χ1v) is 7.05. The number of nitrogens with two attached hydrogens (primary N) is 1. The molecular formula is C15H19N3. The number of rotatable bonds is 2. The van der Waals surface area contributed by atoms with Crippen molar-refractivity contribution in [3.05, 3.63) is 29.6 Å². The second-order valence-electron chi connectivity index (χ2n) is 5.95. The van der Waals surface area contributed by atoms with Crippen molar-refractivity contribution in [2.45, 2.75) is 50.0 Å². The van der Waals surface area contributed by atoms with E-state index in [1.165, 1.54) is 36.2 Å². The van der Waals surface area contributed by atoms with Crippen LogP contribution >= 0.6 is 0 Å². The van der Waals surface area contributed by atoms with Crippen LogP contribution in [-0.4, -0.2) is 16.0 Å². The molecule has 4 rings (SSSR count). The van der Waals surface area contributed by atoms with Gasteiger partial charge in [0.2, 0.25) is 0 Å². The van der Waals surface area contributed by atoms with Crippen LogP contribution in [0, 0.1) is 0 Å². The van der Waals surface area contributed by atoms with E-state index in [4.69, 9.17) is 10.7 Å². The van der Waals surface area contributed by atoms with E-state index < -0.39 is 0 Å². The lowest BCUT2D eigenvalue weighted by Gasteiger charge is -2.32. The summed E-state index contributed by atoms with van der Waals surface area (Å²) in [6, 6.07) is 7.08. The number of benzene rings is 1. The average Bonchev–Trinajstić information content (AvgIpc) is 2.64. The molecule has 3 nitrogen and oxygen atoms in total. The third-order valence-electron chi connectivity index (χ3n) is 4.66. The summed E-state index contributed by atoms with van der Waals surface area (Å²) in [5, 5.41) is 0. The van der Waals surface area contributed by atoms with E-state index in [1.807, 2.05) is 0 Å². The minimum Gasteiger partial charge on any atom is -0.342 e. The molecule has 0 radical (unpaired) electrons. The van der Waals surface area contributed by atoms with E-state index in [0.29, 0.717) is 17.9 Å². The van der Waals surface area contributed by atoms with Gasteiger partial charge in [-0.15, -0.1) is 0 Å². The largest absolute Gasteiger partial charge is 0.342 e. The molecule has 94 valence electrons. The second kappa shape index (κ2) is 3.82. The number of hydrogen-bond acceptors (Lipinski definition) is 2. The van der Waals surface area contributed by atoms with Crippen molar-refractivity contribution in [3.63, 3.8) is 0 Å². The number of H-pyrrole nitrogens is 1. The van der Waals surface area contributed by atoms with Crippen LogP contribution in [-0.2, 0) is 0 Å². The van der Waals surface area contributed by atoms with Crippen LogP contribution in [0.5, 0.6) is 0 Å². The van der Waals surface area contributed by atoms with E-state index in [2.05, 4.69) is 23.2 Å². The lowest BCUT2D eigenvalue weighted by molar-refractivity contribution is 0.352. The summed E-state index contributed by atoms with van der Waals surface area (Å²) < 4.78 is 0. The molecule has 3 heteroatoms. The van der Waals surface area contributed by atoms with Gasteiger partial charge in [0.15, 0.2) is 0 Å². The molecule has 18 heavy (non-hydrogen) atoms. The zero-order valence-corrected chi connectivity index (χ0v) is 10.5. The Kier molecular flexibility index (Phi) is 2.24. The third kappa shape index (κ3) is 1.57. The van der Waals surface area contributed by atoms with E-state index in [0.717, 1.165) is 18.4 Å². The Morgan fingerprint density at radius 2 is 2.00 bits per heavy atom. The van der Waals surface area contributed by atoms with Crippen molar-refractivity contribution in [1.82, 2.24) is 9.97 Å². The van der Waals surface area contributed by atoms with E-state index in [-0.39, 0.29) is 0 Å². The van der Waals surface area contributed by atoms with Gasteiger partial charge in [0.05, 0.1) is 11.0 Å². The minimum atomic E-state index is 0.415. The number of nitrogens with zero attached hydrogens (tertiary/aromatic N) is 1. The molecule has 1 aromatic heterocycles. The fourth-order valence-corrected chi connectivity index (χ4v) is 3.11. The van der Waals surface area contributed by atoms with Crippen LogP contribution in [0.1, 0.15) is 55.3 Å². The molecular weight excluding hydrogens is 222 g/mol. The highest BCUT2D eigenvalue weighted by Gasteiger charge is 2.28. The average molecular weight is 241 g/mol. The SMILES string of the molecule is NC1CC(c2ccc3nc(C4CCC4)[nH]c3c2)C1. The van der Waals surface area contributed by atoms with Crippen LogP contribution in [0.15, 0.2) is 18.2 Å². The van der Waals surface area contributed by atoms with Crippen molar-refractivity contribution < 1.29 is 0 Å². The number of aromatic nitrogens is 2. The van der Waals surface area contributed by atoms with Crippen LogP contribution in [0.3, 0.4) is 0 Å². The molecule has 2 saturated carbocycles. The molecule has 0 spiro atoms. The summed E-state index contributed by atoms with van der Waals surface area (Å²) >= 11 is 0. The maximum absolute atomic E-state index is 5.87. The summed E-state index contributed by atoms with van der Waals surface area (Å²) in [6.07, 6.45) is 6.21. The molecule has 0 atom stereocenters. The monoisotopic (exact) mass is 241 g/mol. The first kappa shape index (κ1) is 10.6. The molecule has 2 aliphatic rings. The third-order valence-corrected chi connectivity index (χ3v) is 4.66. The molecule has 0 saturated heterocycles. The van der Waals surface area contributed by atoms with E-state index in [9.17, 15) is 0 Å². The van der Waals surface area contributed by atoms with E-state index in [1.54, 1.807) is 0 Å². The predicted molar refractivity (Wildman–Crippen MR) is 72.6 cm³/mol. The molecule has 1 heterocycles. The van der Waals surface area contributed by atoms with Gasteiger partial charge in [0, 0.05) is 12.0 Å². The Labute approximate surface area is 107 Å². The topological polar surface area (TPSA) is 54.7 Å². The summed E-state index contributed by atoms with van der Waals surface area (Å²) in [6.45, 7) is 0. The second-order valence-corrected chi connectivity index (χ2v) is 5.95. The molecule has 0 amide bonds. The molecule has 0 bridgehead atoms. The van der Waals surface area contributed by atoms with Gasteiger partial charge in [-0.05, 0) is 49.3 Å². The molecule has 2 fully saturated rings. The number of fused-ring (bicyclic) bond motifs is 1. The smallest absolute Gasteiger partial charge is 0.110 e. The lowest BCUT2D eigenvalue weighted by atomic mass is 9.76. The van der Waals surface area contributed by atoms with Gasteiger partial charge in [-0.2, -0.15) is 0 Å². The lowest BCUT2D eigenvalue weighted by Crippen LogP contribution is -2.34. The summed E-state index contributed by atoms with van der Waals surface area (Å²) in [7, 11) is 0. The fraction of sp³-hybridized carbons (Fsp3) is 0.533. The van der Waals surface area contributed by atoms with Gasteiger partial charge < -0.3 is 10.7 Å². The molecule has 2 aromatic rings. The van der Waals surface area contributed by atoms with Crippen LogP contribution < -0.4 is 5.73 Å². The van der Waals surface area contributed by atoms with Crippen molar-refractivity contribution in [1.29, 1.82) is 0 Å². The number of hydrogen-bond donors (Lipinski definition) is 2. The first-order chi connectivity index (χ1) is 8.79. The summed E-state index contributed by atoms with van der Waals surface area (Å²) in [5.41, 5.74) is 9.61. The molecule has 1 aromatic carbocycles. The number of nitrogens with one attached hydrogen (secondary N) is 1. The Morgan fingerprint density at radius 1 is 1.17 bits per heavy atom. The molecule has 0 unspecified atom stereocenters. The van der Waals surface area contributed by atoms with Crippen molar-refractivity contribution in [2.75, 3.05) is 0 Å². The van der Waals surface area contributed by atoms with Crippen molar-refractivity contribution in [2.24, 2.45) is 5.73 Å². The zero-order valence-electron chi connectivity index (χ0n) is 10.5. The Balaban J connectivity index is 1.67. The highest BCUT2D eigenvalue weighted by molar-refractivity contribution is 5.76. The zero-order chi connectivity index (χ0) is 12.1. The highest BCUT2D eigenvalue weighted by atomic mass is 14.9. The predicted octanol–water partition coefficient (Wildman–Crippen LogP) is 3.04. The van der Waals surface area contributed by atoms with Crippen LogP contribution in [0.2, 0.25) is 0 Å². The van der Waals surface area contributed by atoms with Gasteiger partial charge in [0.25, 0.3) is 0 Å². The maximum atomic E-state index is 5.87. The van der Waals surface area contributed by atoms with Gasteiger partial charge in [-0.25, -0.2) is 4.98 Å². The Bertz CT molecular complexity index is 576. The molecule has 2 aliphatic carbocycles. The normalized spacial score (nSPS) is 28.1. The van der Waals surface area contributed by atoms with Crippen LogP contribution in [0.4, 0.5) is 0 Å². The Morgan fingerprint density at radius 3 is 2.67 bits per heavy atom. The maximum Gasteiger partial charge on any atom is 0.110 e. The van der Waals surface area contributed by atoms with Crippen molar-refractivity contribution >= 4 is 11.0 Å². The summed E-state index contributed by atoms with van der Waals surface area (Å²) in [5.74, 6) is 2.54. The van der Waals surface area contributed by atoms with Crippen LogP contribution in [0.25, 0.3) is 11.0 Å². The Hall–Kier alpha value is -1.35. The number of aromatic amines is 1. The first-order valence-electron chi connectivity index (χ1n) is 7.05. The van der Waals surface area contributed by atoms with Gasteiger partial charge in [-0.1, -0.05) is 12.5 Å². The standard InChI is InChI=1S/C15H19N3/c16-12-6-11(7-12)10-4-5-13-14(8-10)18-15(17-13)9-2-1-3-9/h4-5,8-9,11-12H,1-3,6-7,16H2,(H,17,18).